The molecule has 0 saturated carbocycles. The Morgan fingerprint density at radius 1 is 1.24 bits per heavy atom. The molecule has 1 saturated heterocycles. The summed E-state index contributed by atoms with van der Waals surface area (Å²) < 4.78 is 42.7. The minimum atomic E-state index is -4.17. The van der Waals surface area contributed by atoms with E-state index in [9.17, 15) is 13.2 Å². The van der Waals surface area contributed by atoms with Gasteiger partial charge in [-0.05, 0) is 25.3 Å². The number of nitrogens with one attached hydrogen (secondary N) is 2. The molecule has 0 aromatic heterocycles. The van der Waals surface area contributed by atoms with E-state index in [0.717, 1.165) is 25.0 Å². The number of ether oxygens (including phenoxy) is 1. The lowest BCUT2D eigenvalue weighted by Crippen LogP contribution is -2.42. The van der Waals surface area contributed by atoms with Gasteiger partial charge in [0.1, 0.15) is 0 Å². The van der Waals surface area contributed by atoms with Crippen LogP contribution in [0.15, 0.2) is 29.3 Å². The maximum Gasteiger partial charge on any atom is 0.390 e. The smallest absolute Gasteiger partial charge is 0.373 e. The Kier molecular flexibility index (Phi) is 7.11. The summed E-state index contributed by atoms with van der Waals surface area (Å²) in [5.74, 6) is 0.634. The van der Waals surface area contributed by atoms with Crippen molar-refractivity contribution < 1.29 is 17.9 Å². The number of benzene rings is 1. The molecule has 140 valence electrons. The molecule has 1 aliphatic heterocycles. The molecule has 1 fully saturated rings. The van der Waals surface area contributed by atoms with Gasteiger partial charge >= 0.3 is 6.18 Å². The van der Waals surface area contributed by atoms with Crippen LogP contribution < -0.4 is 10.6 Å². The molecule has 0 aliphatic carbocycles. The molecule has 1 heterocycles. The molecule has 1 aliphatic rings. The molecule has 0 radical (unpaired) electrons. The van der Waals surface area contributed by atoms with Crippen molar-refractivity contribution in [2.45, 2.75) is 38.5 Å². The molecule has 1 aromatic carbocycles. The Morgan fingerprint density at radius 2 is 1.96 bits per heavy atom. The molecular formula is C18H26F3N3O. The standard InChI is InChI=1S/C18H26F3N3O/c1-13-5-7-14(8-6-13)16-15(4-3-11-25-16)12-24-17(22-2)23-10-9-18(19,20)21/h5-8,15-16H,3-4,9-12H2,1-2H3,(H2,22,23,24). The summed E-state index contributed by atoms with van der Waals surface area (Å²) in [4.78, 5) is 3.99. The Labute approximate surface area is 146 Å². The minimum absolute atomic E-state index is 0.00451. The van der Waals surface area contributed by atoms with Crippen LogP contribution in [0.25, 0.3) is 0 Å². The highest BCUT2D eigenvalue weighted by Crippen LogP contribution is 2.33. The summed E-state index contributed by atoms with van der Waals surface area (Å²) in [5.41, 5.74) is 2.33. The fourth-order valence-electron chi connectivity index (χ4n) is 2.95. The Bertz CT molecular complexity index is 558. The fraction of sp³-hybridized carbons (Fsp3) is 0.611. The van der Waals surface area contributed by atoms with Crippen LogP contribution in [0, 0.1) is 12.8 Å². The van der Waals surface area contributed by atoms with Crippen LogP contribution in [0.3, 0.4) is 0 Å². The Balaban J connectivity index is 1.89. The zero-order chi connectivity index (χ0) is 18.3. The van der Waals surface area contributed by atoms with Gasteiger partial charge in [0.05, 0.1) is 12.5 Å². The van der Waals surface area contributed by atoms with E-state index >= 15 is 0 Å². The summed E-state index contributed by atoms with van der Waals surface area (Å²) in [6.07, 6.45) is -3.07. The van der Waals surface area contributed by atoms with Gasteiger partial charge < -0.3 is 15.4 Å². The predicted molar refractivity (Wildman–Crippen MR) is 92.6 cm³/mol. The van der Waals surface area contributed by atoms with E-state index in [4.69, 9.17) is 4.74 Å². The monoisotopic (exact) mass is 357 g/mol. The number of aryl methyl sites for hydroxylation is 1. The van der Waals surface area contributed by atoms with Gasteiger partial charge in [-0.3, -0.25) is 4.99 Å². The number of aliphatic imine (C=N–C) groups is 1. The Hall–Kier alpha value is -1.76. The number of rotatable bonds is 5. The molecule has 25 heavy (non-hydrogen) atoms. The third-order valence-corrected chi connectivity index (χ3v) is 4.31. The molecule has 1 aromatic rings. The highest BCUT2D eigenvalue weighted by Gasteiger charge is 2.28. The second-order valence-electron chi connectivity index (χ2n) is 6.35. The lowest BCUT2D eigenvalue weighted by molar-refractivity contribution is -0.132. The molecule has 0 spiro atoms. The predicted octanol–water partition coefficient (Wildman–Crippen LogP) is 3.58. The Morgan fingerprint density at radius 3 is 2.60 bits per heavy atom. The molecule has 2 N–H and O–H groups in total. The van der Waals surface area contributed by atoms with Crippen LogP contribution in [0.5, 0.6) is 0 Å². The van der Waals surface area contributed by atoms with Gasteiger partial charge in [0.15, 0.2) is 5.96 Å². The minimum Gasteiger partial charge on any atom is -0.373 e. The number of alkyl halides is 3. The quantitative estimate of drug-likeness (QED) is 0.625. The van der Waals surface area contributed by atoms with Crippen LogP contribution in [-0.2, 0) is 4.74 Å². The number of hydrogen-bond donors (Lipinski definition) is 2. The van der Waals surface area contributed by atoms with E-state index in [2.05, 4.69) is 39.9 Å². The first-order valence-corrected chi connectivity index (χ1v) is 8.58. The van der Waals surface area contributed by atoms with Crippen LogP contribution in [0.4, 0.5) is 13.2 Å². The molecule has 2 rings (SSSR count). The van der Waals surface area contributed by atoms with Crippen molar-refractivity contribution in [2.24, 2.45) is 10.9 Å². The molecule has 0 bridgehead atoms. The number of nitrogens with zero attached hydrogens (tertiary/aromatic N) is 1. The van der Waals surface area contributed by atoms with Gasteiger partial charge in [-0.15, -0.1) is 0 Å². The van der Waals surface area contributed by atoms with E-state index in [0.29, 0.717) is 12.5 Å². The molecule has 7 heteroatoms. The normalized spacial score (nSPS) is 21.9. The van der Waals surface area contributed by atoms with Crippen molar-refractivity contribution in [2.75, 3.05) is 26.7 Å². The SMILES string of the molecule is CN=C(NCCC(F)(F)F)NCC1CCCOC1c1ccc(C)cc1. The fourth-order valence-corrected chi connectivity index (χ4v) is 2.95. The van der Waals surface area contributed by atoms with E-state index in [1.807, 2.05) is 6.92 Å². The number of halogens is 3. The third kappa shape index (κ3) is 6.57. The van der Waals surface area contributed by atoms with Gasteiger partial charge in [-0.25, -0.2) is 0 Å². The average Bonchev–Trinajstić information content (AvgIpc) is 2.58. The topological polar surface area (TPSA) is 45.7 Å². The lowest BCUT2D eigenvalue weighted by Gasteiger charge is -2.32. The molecular weight excluding hydrogens is 331 g/mol. The van der Waals surface area contributed by atoms with Gasteiger partial charge in [-0.1, -0.05) is 29.8 Å². The van der Waals surface area contributed by atoms with Crippen molar-refractivity contribution in [3.8, 4) is 0 Å². The van der Waals surface area contributed by atoms with Crippen LogP contribution in [-0.4, -0.2) is 38.9 Å². The van der Waals surface area contributed by atoms with Gasteiger partial charge in [0, 0.05) is 32.7 Å². The zero-order valence-electron chi connectivity index (χ0n) is 14.7. The maximum atomic E-state index is 12.2. The lowest BCUT2D eigenvalue weighted by atomic mass is 9.89. The van der Waals surface area contributed by atoms with E-state index < -0.39 is 12.6 Å². The van der Waals surface area contributed by atoms with Gasteiger partial charge in [0.2, 0.25) is 0 Å². The van der Waals surface area contributed by atoms with Crippen molar-refractivity contribution in [1.29, 1.82) is 0 Å². The highest BCUT2D eigenvalue weighted by atomic mass is 19.4. The van der Waals surface area contributed by atoms with Crippen LogP contribution >= 0.6 is 0 Å². The van der Waals surface area contributed by atoms with Crippen molar-refractivity contribution in [3.63, 3.8) is 0 Å². The van der Waals surface area contributed by atoms with Crippen LogP contribution in [0.2, 0.25) is 0 Å². The zero-order valence-corrected chi connectivity index (χ0v) is 14.7. The van der Waals surface area contributed by atoms with E-state index in [1.54, 1.807) is 7.05 Å². The molecule has 4 nitrogen and oxygen atoms in total. The van der Waals surface area contributed by atoms with Crippen molar-refractivity contribution in [1.82, 2.24) is 10.6 Å². The first-order chi connectivity index (χ1) is 11.9. The van der Waals surface area contributed by atoms with Crippen molar-refractivity contribution in [3.05, 3.63) is 35.4 Å². The first-order valence-electron chi connectivity index (χ1n) is 8.58. The van der Waals surface area contributed by atoms with E-state index in [1.165, 1.54) is 5.56 Å². The second-order valence-corrected chi connectivity index (χ2v) is 6.35. The maximum absolute atomic E-state index is 12.2. The summed E-state index contributed by atoms with van der Waals surface area (Å²) >= 11 is 0. The van der Waals surface area contributed by atoms with Crippen LogP contribution in [0.1, 0.15) is 36.5 Å². The number of guanidine groups is 1. The van der Waals surface area contributed by atoms with Gasteiger partial charge in [0.25, 0.3) is 0 Å². The molecule has 2 unspecified atom stereocenters. The van der Waals surface area contributed by atoms with E-state index in [-0.39, 0.29) is 18.6 Å². The number of hydrogen-bond acceptors (Lipinski definition) is 2. The third-order valence-electron chi connectivity index (χ3n) is 4.31. The first kappa shape index (κ1) is 19.6. The second kappa shape index (κ2) is 9.08. The summed E-state index contributed by atoms with van der Waals surface area (Å²) in [6.45, 7) is 3.19. The molecule has 0 amide bonds. The highest BCUT2D eigenvalue weighted by molar-refractivity contribution is 5.79. The average molecular weight is 357 g/mol. The van der Waals surface area contributed by atoms with Gasteiger partial charge in [-0.2, -0.15) is 13.2 Å². The summed E-state index contributed by atoms with van der Waals surface area (Å²) in [6, 6.07) is 8.29. The molecule has 2 atom stereocenters. The largest absolute Gasteiger partial charge is 0.390 e. The van der Waals surface area contributed by atoms with Crippen molar-refractivity contribution >= 4 is 5.96 Å². The summed E-state index contributed by atoms with van der Waals surface area (Å²) in [5, 5.41) is 5.83. The summed E-state index contributed by atoms with van der Waals surface area (Å²) in [7, 11) is 1.55.